The maximum Gasteiger partial charge on any atom is 0.321 e. The normalized spacial score (nSPS) is 20.3. The highest BCUT2D eigenvalue weighted by Crippen LogP contribution is 2.33. The monoisotopic (exact) mass is 606 g/mol. The van der Waals surface area contributed by atoms with E-state index in [2.05, 4.69) is 25.9 Å². The van der Waals surface area contributed by atoms with Gasteiger partial charge < -0.3 is 26.0 Å². The van der Waals surface area contributed by atoms with Crippen LogP contribution in [0.15, 0.2) is 48.9 Å². The predicted octanol–water partition coefficient (Wildman–Crippen LogP) is 3.51. The van der Waals surface area contributed by atoms with E-state index in [9.17, 15) is 29.1 Å². The van der Waals surface area contributed by atoms with Crippen LogP contribution in [-0.2, 0) is 14.4 Å². The first-order chi connectivity index (χ1) is 20.9. The molecule has 4 atom stereocenters. The summed E-state index contributed by atoms with van der Waals surface area (Å²) >= 11 is 0. The summed E-state index contributed by atoms with van der Waals surface area (Å²) in [6.45, 7) is 5.48. The number of aliphatic carboxylic acids is 1. The third kappa shape index (κ3) is 8.39. The maximum atomic E-state index is 13.9. The molecule has 1 saturated heterocycles. The average molecular weight is 607 g/mol. The van der Waals surface area contributed by atoms with Crippen molar-refractivity contribution in [3.05, 3.63) is 54.6 Å². The van der Waals surface area contributed by atoms with Crippen LogP contribution in [0.25, 0.3) is 0 Å². The maximum absolute atomic E-state index is 13.9. The number of carboxylic acids is 1. The van der Waals surface area contributed by atoms with Gasteiger partial charge in [-0.3, -0.25) is 24.2 Å². The molecule has 0 radical (unpaired) electrons. The SMILES string of the molecule is CC(C)(C)C(CC(=O)[C@@H](NC(=O)c1cnccn1)C1CCCCC1)C(=O)NC1CN(C(=O)Nc2ccccc2)C[C@H]1C(=O)O. The summed E-state index contributed by atoms with van der Waals surface area (Å²) in [6.07, 6.45) is 8.60. The van der Waals surface area contributed by atoms with Crippen molar-refractivity contribution in [3.63, 3.8) is 0 Å². The molecule has 12 heteroatoms. The van der Waals surface area contributed by atoms with Crippen LogP contribution < -0.4 is 16.0 Å². The quantitative estimate of drug-likeness (QED) is 0.318. The predicted molar refractivity (Wildman–Crippen MR) is 163 cm³/mol. The molecule has 4 amide bonds. The van der Waals surface area contributed by atoms with Crippen molar-refractivity contribution in [1.29, 1.82) is 0 Å². The summed E-state index contributed by atoms with van der Waals surface area (Å²) in [4.78, 5) is 75.1. The van der Waals surface area contributed by atoms with Crippen molar-refractivity contribution < 1.29 is 29.1 Å². The molecule has 2 heterocycles. The lowest BCUT2D eigenvalue weighted by atomic mass is 9.74. The smallest absolute Gasteiger partial charge is 0.321 e. The number of hydrogen-bond donors (Lipinski definition) is 4. The fourth-order valence-corrected chi connectivity index (χ4v) is 6.05. The molecule has 1 aromatic carbocycles. The van der Waals surface area contributed by atoms with Crippen molar-refractivity contribution in [1.82, 2.24) is 25.5 Å². The molecule has 2 fully saturated rings. The number of benzene rings is 1. The summed E-state index contributed by atoms with van der Waals surface area (Å²) in [6, 6.07) is 6.72. The molecule has 2 unspecified atom stereocenters. The first kappa shape index (κ1) is 32.6. The number of anilines is 1. The second kappa shape index (κ2) is 14.4. The van der Waals surface area contributed by atoms with Crippen molar-refractivity contribution >= 4 is 35.3 Å². The molecule has 0 spiro atoms. The van der Waals surface area contributed by atoms with Crippen LogP contribution in [0.3, 0.4) is 0 Å². The fraction of sp³-hybridized carbons (Fsp3) is 0.531. The van der Waals surface area contributed by atoms with Gasteiger partial charge in [0.05, 0.1) is 24.2 Å². The van der Waals surface area contributed by atoms with E-state index in [0.717, 1.165) is 32.1 Å². The van der Waals surface area contributed by atoms with Crippen molar-refractivity contribution in [2.75, 3.05) is 18.4 Å². The highest BCUT2D eigenvalue weighted by molar-refractivity contribution is 5.98. The van der Waals surface area contributed by atoms with Gasteiger partial charge >= 0.3 is 12.0 Å². The number of likely N-dealkylation sites (tertiary alicyclic amines) is 1. The van der Waals surface area contributed by atoms with Crippen molar-refractivity contribution in [3.8, 4) is 0 Å². The van der Waals surface area contributed by atoms with Crippen LogP contribution in [0.1, 0.15) is 69.8 Å². The summed E-state index contributed by atoms with van der Waals surface area (Å²) in [5.41, 5.74) is 0.0168. The molecule has 4 rings (SSSR count). The number of rotatable bonds is 10. The zero-order valence-corrected chi connectivity index (χ0v) is 25.5. The Kier molecular flexibility index (Phi) is 10.7. The van der Waals surface area contributed by atoms with E-state index >= 15 is 0 Å². The zero-order chi connectivity index (χ0) is 31.9. The molecule has 12 nitrogen and oxygen atoms in total. The van der Waals surface area contributed by atoms with Gasteiger partial charge in [0.2, 0.25) is 5.91 Å². The molecule has 236 valence electrons. The highest BCUT2D eigenvalue weighted by Gasteiger charge is 2.44. The number of ketones is 1. The summed E-state index contributed by atoms with van der Waals surface area (Å²) < 4.78 is 0. The molecule has 2 aliphatic rings. The minimum atomic E-state index is -1.13. The number of hydrogen-bond acceptors (Lipinski definition) is 7. The van der Waals surface area contributed by atoms with E-state index < -0.39 is 53.1 Å². The molecule has 1 aromatic heterocycles. The number of nitrogens with zero attached hydrogens (tertiary/aromatic N) is 3. The minimum absolute atomic E-state index is 0.00501. The number of Topliss-reactive ketones (excluding diaryl/α,β-unsaturated/α-hetero) is 1. The van der Waals surface area contributed by atoms with Crippen LogP contribution in [0.5, 0.6) is 0 Å². The first-order valence-corrected chi connectivity index (χ1v) is 15.2. The summed E-state index contributed by atoms with van der Waals surface area (Å²) in [5, 5.41) is 18.4. The number of para-hydroxylation sites is 1. The number of carboxylic acid groups (broad SMARTS) is 1. The van der Waals surface area contributed by atoms with Gasteiger partial charge in [0.25, 0.3) is 5.91 Å². The molecular weight excluding hydrogens is 564 g/mol. The lowest BCUT2D eigenvalue weighted by Gasteiger charge is -2.34. The van der Waals surface area contributed by atoms with Gasteiger partial charge in [-0.1, -0.05) is 58.2 Å². The number of aromatic nitrogens is 2. The Hall–Kier alpha value is -4.35. The topological polar surface area (TPSA) is 171 Å². The third-order valence-electron chi connectivity index (χ3n) is 8.59. The Morgan fingerprint density at radius 3 is 2.32 bits per heavy atom. The Morgan fingerprint density at radius 1 is 1.00 bits per heavy atom. The number of carbonyl (C=O) groups is 5. The Morgan fingerprint density at radius 2 is 1.70 bits per heavy atom. The Balaban J connectivity index is 1.48. The van der Waals surface area contributed by atoms with Gasteiger partial charge in [-0.05, 0) is 36.3 Å². The second-order valence-electron chi connectivity index (χ2n) is 12.8. The van der Waals surface area contributed by atoms with Crippen molar-refractivity contribution in [2.24, 2.45) is 23.2 Å². The van der Waals surface area contributed by atoms with Crippen LogP contribution in [0.4, 0.5) is 10.5 Å². The van der Waals surface area contributed by atoms with E-state index in [4.69, 9.17) is 0 Å². The third-order valence-corrected chi connectivity index (χ3v) is 8.59. The van der Waals surface area contributed by atoms with E-state index in [1.807, 2.05) is 26.8 Å². The minimum Gasteiger partial charge on any atom is -0.481 e. The average Bonchev–Trinajstić information content (AvgIpc) is 3.43. The van der Waals surface area contributed by atoms with Gasteiger partial charge in [-0.2, -0.15) is 0 Å². The zero-order valence-electron chi connectivity index (χ0n) is 25.5. The first-order valence-electron chi connectivity index (χ1n) is 15.2. The molecule has 4 N–H and O–H groups in total. The number of amides is 4. The Labute approximate surface area is 257 Å². The standard InChI is InChI=1S/C32H42N6O6/c1-32(2,3)23(16-26(39)27(20-10-6-4-7-11-20)37-29(41)24-17-33-14-15-34-24)28(40)36-25-19-38(18-22(25)30(42)43)31(44)35-21-12-8-5-9-13-21/h5,8-9,12-15,17,20,22-23,25,27H,4,6-7,10-11,16,18-19H2,1-3H3,(H,35,44)(H,36,40)(H,37,41)(H,42,43)/t22-,23?,25?,27+/m1/s1. The van der Waals surface area contributed by atoms with E-state index in [1.54, 1.807) is 24.3 Å². The van der Waals surface area contributed by atoms with E-state index in [1.165, 1.54) is 23.5 Å². The summed E-state index contributed by atoms with van der Waals surface area (Å²) in [7, 11) is 0. The summed E-state index contributed by atoms with van der Waals surface area (Å²) in [5.74, 6) is -4.23. The molecule has 1 aliphatic heterocycles. The van der Waals surface area contributed by atoms with Gasteiger partial charge in [0.15, 0.2) is 5.78 Å². The van der Waals surface area contributed by atoms with E-state index in [0.29, 0.717) is 5.69 Å². The van der Waals surface area contributed by atoms with Crippen LogP contribution in [0.2, 0.25) is 0 Å². The molecule has 44 heavy (non-hydrogen) atoms. The fourth-order valence-electron chi connectivity index (χ4n) is 6.05. The number of carbonyl (C=O) groups excluding carboxylic acids is 4. The van der Waals surface area contributed by atoms with Gasteiger partial charge in [0, 0.05) is 43.5 Å². The van der Waals surface area contributed by atoms with Gasteiger partial charge in [-0.15, -0.1) is 0 Å². The van der Waals surface area contributed by atoms with Gasteiger partial charge in [-0.25, -0.2) is 9.78 Å². The molecule has 2 aromatic rings. The van der Waals surface area contributed by atoms with Crippen LogP contribution >= 0.6 is 0 Å². The van der Waals surface area contributed by atoms with Gasteiger partial charge in [0.1, 0.15) is 5.69 Å². The largest absolute Gasteiger partial charge is 0.481 e. The molecular formula is C32H42N6O6. The Bertz CT molecular complexity index is 1330. The number of urea groups is 1. The molecule has 0 bridgehead atoms. The lowest BCUT2D eigenvalue weighted by Crippen LogP contribution is -2.51. The second-order valence-corrected chi connectivity index (χ2v) is 12.8. The van der Waals surface area contributed by atoms with Crippen LogP contribution in [-0.4, -0.2) is 74.7 Å². The van der Waals surface area contributed by atoms with Crippen LogP contribution in [0, 0.1) is 23.2 Å². The lowest BCUT2D eigenvalue weighted by molar-refractivity contribution is -0.142. The van der Waals surface area contributed by atoms with E-state index in [-0.39, 0.29) is 36.9 Å². The molecule has 1 aliphatic carbocycles. The molecule has 1 saturated carbocycles. The highest BCUT2D eigenvalue weighted by atomic mass is 16.4. The number of nitrogens with one attached hydrogen (secondary N) is 3. The van der Waals surface area contributed by atoms with Crippen molar-refractivity contribution in [2.45, 2.75) is 71.4 Å².